The van der Waals surface area contributed by atoms with E-state index in [2.05, 4.69) is 18.6 Å². The van der Waals surface area contributed by atoms with Gasteiger partial charge < -0.3 is 9.64 Å². The molecule has 0 aliphatic carbocycles. The van der Waals surface area contributed by atoms with Crippen LogP contribution in [0.25, 0.3) is 0 Å². The minimum atomic E-state index is -3.42. The second-order valence-corrected chi connectivity index (χ2v) is 7.00. The highest BCUT2D eigenvalue weighted by atomic mass is 32.2. The first-order valence-electron chi connectivity index (χ1n) is 6.30. The van der Waals surface area contributed by atoms with E-state index in [0.717, 1.165) is 18.0 Å². The van der Waals surface area contributed by atoms with Crippen LogP contribution in [0.4, 0.5) is 5.69 Å². The van der Waals surface area contributed by atoms with E-state index >= 15 is 0 Å². The van der Waals surface area contributed by atoms with Crippen LogP contribution >= 0.6 is 0 Å². The van der Waals surface area contributed by atoms with E-state index in [9.17, 15) is 8.42 Å². The van der Waals surface area contributed by atoms with Crippen molar-refractivity contribution in [3.05, 3.63) is 18.2 Å². The maximum Gasteiger partial charge on any atom is 0.240 e. The van der Waals surface area contributed by atoms with Crippen LogP contribution in [0.1, 0.15) is 13.8 Å². The number of sulfonamides is 1. The van der Waals surface area contributed by atoms with E-state index < -0.39 is 10.0 Å². The molecule has 1 aliphatic rings. The van der Waals surface area contributed by atoms with Gasteiger partial charge in [-0.15, -0.1) is 0 Å². The van der Waals surface area contributed by atoms with Crippen molar-refractivity contribution < 1.29 is 13.2 Å². The van der Waals surface area contributed by atoms with Crippen LogP contribution in [0.2, 0.25) is 0 Å². The fourth-order valence-corrected chi connectivity index (χ4v) is 2.85. The van der Waals surface area contributed by atoms with Crippen molar-refractivity contribution in [3.63, 3.8) is 0 Å². The number of ether oxygens (including phenoxy) is 1. The highest BCUT2D eigenvalue weighted by molar-refractivity contribution is 7.89. The summed E-state index contributed by atoms with van der Waals surface area (Å²) in [6.07, 6.45) is 0.129. The third kappa shape index (κ3) is 2.69. The minimum absolute atomic E-state index is 0.129. The van der Waals surface area contributed by atoms with E-state index in [1.807, 2.05) is 11.9 Å². The normalized spacial score (nSPS) is 19.2. The summed E-state index contributed by atoms with van der Waals surface area (Å²) in [5.74, 6) is 1.15. The van der Waals surface area contributed by atoms with E-state index in [-0.39, 0.29) is 11.0 Å². The highest BCUT2D eigenvalue weighted by Gasteiger charge is 2.27. The average molecular weight is 284 g/mol. The summed E-state index contributed by atoms with van der Waals surface area (Å²) in [4.78, 5) is 2.30. The Hall–Kier alpha value is -1.27. The van der Waals surface area contributed by atoms with Crippen molar-refractivity contribution in [2.45, 2.75) is 24.8 Å². The summed E-state index contributed by atoms with van der Waals surface area (Å²) in [6.45, 7) is 4.99. The molecule has 106 valence electrons. The van der Waals surface area contributed by atoms with Crippen molar-refractivity contribution in [2.24, 2.45) is 5.92 Å². The fourth-order valence-electron chi connectivity index (χ4n) is 2.10. The molecular formula is C13H20N2O3S. The number of nitrogens with zero attached hydrogens (tertiary/aromatic N) is 1. The summed E-state index contributed by atoms with van der Waals surface area (Å²) < 4.78 is 31.8. The maximum atomic E-state index is 11.8. The van der Waals surface area contributed by atoms with Crippen molar-refractivity contribution in [1.82, 2.24) is 4.72 Å². The summed E-state index contributed by atoms with van der Waals surface area (Å²) in [5.41, 5.74) is 0.813. The van der Waals surface area contributed by atoms with Crippen LogP contribution in [-0.2, 0) is 10.0 Å². The van der Waals surface area contributed by atoms with Crippen molar-refractivity contribution in [2.75, 3.05) is 25.5 Å². The number of likely N-dealkylation sites (N-methyl/N-ethyl adjacent to an activating group) is 1. The Labute approximate surface area is 114 Å². The van der Waals surface area contributed by atoms with Crippen molar-refractivity contribution in [3.8, 4) is 5.75 Å². The third-order valence-electron chi connectivity index (χ3n) is 3.40. The summed E-state index contributed by atoms with van der Waals surface area (Å²) in [5, 5.41) is 0. The lowest BCUT2D eigenvalue weighted by atomic mass is 10.0. The van der Waals surface area contributed by atoms with Crippen LogP contribution in [0.15, 0.2) is 23.1 Å². The number of hydrogen-bond donors (Lipinski definition) is 1. The van der Waals surface area contributed by atoms with Gasteiger partial charge in [-0.05, 0) is 31.2 Å². The van der Waals surface area contributed by atoms with Gasteiger partial charge in [-0.25, -0.2) is 13.1 Å². The van der Waals surface area contributed by atoms with Crippen LogP contribution in [0, 0.1) is 5.92 Å². The summed E-state index contributed by atoms with van der Waals surface area (Å²) in [6, 6.07) is 4.95. The summed E-state index contributed by atoms with van der Waals surface area (Å²) in [7, 11) is -0.0597. The predicted octanol–water partition coefficient (Wildman–Crippen LogP) is 1.45. The molecule has 2 rings (SSSR count). The second-order valence-electron chi connectivity index (χ2n) is 5.12. The first kappa shape index (κ1) is 14.1. The topological polar surface area (TPSA) is 58.6 Å². The second kappa shape index (κ2) is 5.02. The molecule has 1 aromatic rings. The summed E-state index contributed by atoms with van der Waals surface area (Å²) >= 11 is 0. The SMILES string of the molecule is CNS(=O)(=O)c1ccc2c(c1)N(C)CC(C(C)C)O2. The molecule has 0 spiro atoms. The highest BCUT2D eigenvalue weighted by Crippen LogP contribution is 2.35. The zero-order valence-electron chi connectivity index (χ0n) is 11.7. The van der Waals surface area contributed by atoms with Gasteiger partial charge in [0.05, 0.1) is 17.1 Å². The molecule has 1 atom stereocenters. The molecule has 0 aromatic heterocycles. The predicted molar refractivity (Wildman–Crippen MR) is 75.2 cm³/mol. The zero-order valence-corrected chi connectivity index (χ0v) is 12.5. The van der Waals surface area contributed by atoms with E-state index in [1.54, 1.807) is 18.2 Å². The third-order valence-corrected chi connectivity index (χ3v) is 4.81. The lowest BCUT2D eigenvalue weighted by Crippen LogP contribution is -2.40. The number of rotatable bonds is 3. The molecule has 1 N–H and O–H groups in total. The Kier molecular flexibility index (Phi) is 3.73. The van der Waals surface area contributed by atoms with Gasteiger partial charge in [0.15, 0.2) is 0 Å². The number of fused-ring (bicyclic) bond motifs is 1. The Morgan fingerprint density at radius 2 is 2.11 bits per heavy atom. The maximum absolute atomic E-state index is 11.8. The molecule has 0 saturated heterocycles. The smallest absolute Gasteiger partial charge is 0.240 e. The number of benzene rings is 1. The van der Waals surface area contributed by atoms with Crippen LogP contribution in [0.5, 0.6) is 5.75 Å². The molecule has 0 bridgehead atoms. The number of nitrogens with one attached hydrogen (secondary N) is 1. The molecule has 6 heteroatoms. The van der Waals surface area contributed by atoms with Gasteiger partial charge in [0.1, 0.15) is 11.9 Å². The van der Waals surface area contributed by atoms with Crippen molar-refractivity contribution in [1.29, 1.82) is 0 Å². The van der Waals surface area contributed by atoms with Gasteiger partial charge in [0.25, 0.3) is 0 Å². The van der Waals surface area contributed by atoms with Gasteiger partial charge in [0, 0.05) is 7.05 Å². The van der Waals surface area contributed by atoms with Crippen LogP contribution in [-0.4, -0.2) is 35.2 Å². The van der Waals surface area contributed by atoms with Crippen LogP contribution in [0.3, 0.4) is 0 Å². The molecule has 0 fully saturated rings. The first-order valence-corrected chi connectivity index (χ1v) is 7.79. The van der Waals surface area contributed by atoms with Gasteiger partial charge in [0.2, 0.25) is 10.0 Å². The molecule has 0 saturated carbocycles. The molecule has 1 aliphatic heterocycles. The average Bonchev–Trinajstić information content (AvgIpc) is 2.38. The van der Waals surface area contributed by atoms with Gasteiger partial charge in [-0.1, -0.05) is 13.8 Å². The Morgan fingerprint density at radius 1 is 1.42 bits per heavy atom. The number of anilines is 1. The monoisotopic (exact) mass is 284 g/mol. The van der Waals surface area contributed by atoms with Gasteiger partial charge in [-0.2, -0.15) is 0 Å². The molecule has 1 aromatic carbocycles. The molecule has 0 amide bonds. The van der Waals surface area contributed by atoms with E-state index in [4.69, 9.17) is 4.74 Å². The Morgan fingerprint density at radius 3 is 2.68 bits per heavy atom. The Bertz CT molecular complexity index is 569. The molecule has 1 unspecified atom stereocenters. The van der Waals surface area contributed by atoms with Gasteiger partial charge in [-0.3, -0.25) is 0 Å². The standard InChI is InChI=1S/C13H20N2O3S/c1-9(2)13-8-15(4)11-7-10(19(16,17)14-3)5-6-12(11)18-13/h5-7,9,13-14H,8H2,1-4H3. The van der Waals surface area contributed by atoms with E-state index in [0.29, 0.717) is 5.92 Å². The van der Waals surface area contributed by atoms with Gasteiger partial charge >= 0.3 is 0 Å². The first-order chi connectivity index (χ1) is 8.85. The fraction of sp³-hybridized carbons (Fsp3) is 0.538. The minimum Gasteiger partial charge on any atom is -0.486 e. The lowest BCUT2D eigenvalue weighted by molar-refractivity contribution is 0.147. The molecule has 19 heavy (non-hydrogen) atoms. The van der Waals surface area contributed by atoms with Crippen molar-refractivity contribution >= 4 is 15.7 Å². The largest absolute Gasteiger partial charge is 0.486 e. The lowest BCUT2D eigenvalue weighted by Gasteiger charge is -2.35. The molecule has 0 radical (unpaired) electrons. The zero-order chi connectivity index (χ0) is 14.2. The molecule has 1 heterocycles. The van der Waals surface area contributed by atoms with E-state index in [1.165, 1.54) is 7.05 Å². The quantitative estimate of drug-likeness (QED) is 0.912. The molecule has 5 nitrogen and oxygen atoms in total. The molecular weight excluding hydrogens is 264 g/mol. The number of hydrogen-bond acceptors (Lipinski definition) is 4. The Balaban J connectivity index is 2.40. The van der Waals surface area contributed by atoms with Crippen LogP contribution < -0.4 is 14.4 Å².